The Kier molecular flexibility index (Phi) is 5.07. The molecule has 2 nitrogen and oxygen atoms in total. The van der Waals surface area contributed by atoms with Gasteiger partial charge in [0.05, 0.1) is 11.6 Å². The van der Waals surface area contributed by atoms with E-state index < -0.39 is 0 Å². The van der Waals surface area contributed by atoms with Gasteiger partial charge < -0.3 is 10.5 Å². The van der Waals surface area contributed by atoms with Crippen LogP contribution in [0.3, 0.4) is 0 Å². The maximum absolute atomic E-state index is 6.28. The highest BCUT2D eigenvalue weighted by atomic mass is 79.9. The van der Waals surface area contributed by atoms with Crippen molar-refractivity contribution in [2.75, 3.05) is 7.11 Å². The Labute approximate surface area is 118 Å². The zero-order valence-electron chi connectivity index (χ0n) is 11.0. The molecule has 1 aromatic rings. The van der Waals surface area contributed by atoms with Gasteiger partial charge in [0.1, 0.15) is 5.75 Å². The van der Waals surface area contributed by atoms with Crippen LogP contribution in [-0.2, 0) is 6.42 Å². The first kappa shape index (κ1) is 13.9. The van der Waals surface area contributed by atoms with Crippen molar-refractivity contribution in [3.63, 3.8) is 0 Å². The molecular formula is C15H22BrNO. The molecule has 2 unspecified atom stereocenters. The number of hydrogen-bond acceptors (Lipinski definition) is 2. The Morgan fingerprint density at radius 2 is 2.06 bits per heavy atom. The van der Waals surface area contributed by atoms with Crippen molar-refractivity contribution in [3.05, 3.63) is 28.2 Å². The summed E-state index contributed by atoms with van der Waals surface area (Å²) in [5, 5.41) is 0. The molecule has 1 fully saturated rings. The smallest absolute Gasteiger partial charge is 0.133 e. The molecule has 100 valence electrons. The molecule has 2 atom stereocenters. The summed E-state index contributed by atoms with van der Waals surface area (Å²) < 4.78 is 6.29. The molecular weight excluding hydrogens is 290 g/mol. The second-order valence-corrected chi connectivity index (χ2v) is 6.09. The molecule has 0 saturated heterocycles. The topological polar surface area (TPSA) is 35.2 Å². The molecule has 2 rings (SSSR count). The van der Waals surface area contributed by atoms with Gasteiger partial charge in [-0.05, 0) is 58.8 Å². The van der Waals surface area contributed by atoms with Crippen molar-refractivity contribution in [3.8, 4) is 5.75 Å². The third kappa shape index (κ3) is 3.48. The molecule has 0 heterocycles. The van der Waals surface area contributed by atoms with Gasteiger partial charge in [-0.15, -0.1) is 0 Å². The minimum Gasteiger partial charge on any atom is -0.496 e. The van der Waals surface area contributed by atoms with E-state index in [9.17, 15) is 0 Å². The van der Waals surface area contributed by atoms with Crippen LogP contribution in [0.5, 0.6) is 5.75 Å². The van der Waals surface area contributed by atoms with E-state index >= 15 is 0 Å². The van der Waals surface area contributed by atoms with Crippen molar-refractivity contribution in [2.24, 2.45) is 11.7 Å². The fraction of sp³-hybridized carbons (Fsp3) is 0.600. The summed E-state index contributed by atoms with van der Waals surface area (Å²) in [4.78, 5) is 0. The minimum absolute atomic E-state index is 0.369. The first-order valence-corrected chi connectivity index (χ1v) is 7.58. The van der Waals surface area contributed by atoms with Crippen molar-refractivity contribution < 1.29 is 4.74 Å². The molecule has 0 amide bonds. The van der Waals surface area contributed by atoms with E-state index in [-0.39, 0.29) is 0 Å². The largest absolute Gasteiger partial charge is 0.496 e. The van der Waals surface area contributed by atoms with E-state index in [2.05, 4.69) is 28.1 Å². The molecule has 0 aliphatic heterocycles. The van der Waals surface area contributed by atoms with Gasteiger partial charge in [0, 0.05) is 6.04 Å². The fourth-order valence-corrected chi connectivity index (χ4v) is 3.39. The van der Waals surface area contributed by atoms with E-state index in [0.29, 0.717) is 12.0 Å². The molecule has 1 aromatic carbocycles. The van der Waals surface area contributed by atoms with Crippen LogP contribution in [0.4, 0.5) is 0 Å². The number of ether oxygens (including phenoxy) is 1. The lowest BCUT2D eigenvalue weighted by Gasteiger charge is -2.21. The molecule has 0 radical (unpaired) electrons. The number of rotatable bonds is 3. The maximum atomic E-state index is 6.28. The first-order valence-electron chi connectivity index (χ1n) is 6.78. The summed E-state index contributed by atoms with van der Waals surface area (Å²) in [6, 6.07) is 6.72. The molecule has 0 spiro atoms. The Morgan fingerprint density at radius 3 is 2.78 bits per heavy atom. The van der Waals surface area contributed by atoms with E-state index in [1.165, 1.54) is 37.7 Å². The predicted molar refractivity (Wildman–Crippen MR) is 78.9 cm³/mol. The van der Waals surface area contributed by atoms with Gasteiger partial charge in [0.2, 0.25) is 0 Å². The standard InChI is InChI=1S/C15H22BrNO/c1-18-15-8-7-11(10-13(15)16)9-12-5-3-2-4-6-14(12)17/h7-8,10,12,14H,2-6,9,17H2,1H3. The Balaban J connectivity index is 2.05. The van der Waals surface area contributed by atoms with Gasteiger partial charge in [-0.2, -0.15) is 0 Å². The molecule has 2 N–H and O–H groups in total. The third-order valence-electron chi connectivity index (χ3n) is 3.93. The second-order valence-electron chi connectivity index (χ2n) is 5.23. The maximum Gasteiger partial charge on any atom is 0.133 e. The molecule has 1 saturated carbocycles. The van der Waals surface area contributed by atoms with Gasteiger partial charge in [0.25, 0.3) is 0 Å². The molecule has 0 bridgehead atoms. The SMILES string of the molecule is COc1ccc(CC2CCCCCC2N)cc1Br. The monoisotopic (exact) mass is 311 g/mol. The zero-order valence-corrected chi connectivity index (χ0v) is 12.6. The van der Waals surface area contributed by atoms with E-state index in [1.54, 1.807) is 7.11 Å². The lowest BCUT2D eigenvalue weighted by atomic mass is 9.89. The van der Waals surface area contributed by atoms with Gasteiger partial charge >= 0.3 is 0 Å². The normalized spacial score (nSPS) is 24.6. The van der Waals surface area contributed by atoms with Gasteiger partial charge in [-0.25, -0.2) is 0 Å². The molecule has 1 aliphatic carbocycles. The Bertz CT molecular complexity index is 394. The average Bonchev–Trinajstić information content (AvgIpc) is 2.55. The van der Waals surface area contributed by atoms with Crippen LogP contribution >= 0.6 is 15.9 Å². The highest BCUT2D eigenvalue weighted by molar-refractivity contribution is 9.10. The highest BCUT2D eigenvalue weighted by Gasteiger charge is 2.20. The summed E-state index contributed by atoms with van der Waals surface area (Å²) in [5.74, 6) is 1.52. The molecule has 1 aliphatic rings. The molecule has 18 heavy (non-hydrogen) atoms. The summed E-state index contributed by atoms with van der Waals surface area (Å²) in [6.45, 7) is 0. The van der Waals surface area contributed by atoms with E-state index in [1.807, 2.05) is 6.07 Å². The number of nitrogens with two attached hydrogens (primary N) is 1. The van der Waals surface area contributed by atoms with Gasteiger partial charge in [-0.1, -0.05) is 25.3 Å². The first-order chi connectivity index (χ1) is 8.70. The van der Waals surface area contributed by atoms with Crippen molar-refractivity contribution in [1.82, 2.24) is 0 Å². The lowest BCUT2D eigenvalue weighted by Crippen LogP contribution is -2.30. The van der Waals surface area contributed by atoms with Gasteiger partial charge in [-0.3, -0.25) is 0 Å². The van der Waals surface area contributed by atoms with Crippen molar-refractivity contribution >= 4 is 15.9 Å². The fourth-order valence-electron chi connectivity index (χ4n) is 2.81. The summed E-state index contributed by atoms with van der Waals surface area (Å²) in [6.07, 6.45) is 7.51. The Hall–Kier alpha value is -0.540. The lowest BCUT2D eigenvalue weighted by molar-refractivity contribution is 0.394. The number of hydrogen-bond donors (Lipinski definition) is 1. The van der Waals surface area contributed by atoms with Crippen molar-refractivity contribution in [2.45, 2.75) is 44.6 Å². The van der Waals surface area contributed by atoms with Crippen LogP contribution < -0.4 is 10.5 Å². The summed E-state index contributed by atoms with van der Waals surface area (Å²) >= 11 is 3.55. The third-order valence-corrected chi connectivity index (χ3v) is 4.55. The summed E-state index contributed by atoms with van der Waals surface area (Å²) in [5.41, 5.74) is 7.64. The zero-order chi connectivity index (χ0) is 13.0. The van der Waals surface area contributed by atoms with Gasteiger partial charge in [0.15, 0.2) is 0 Å². The molecule has 0 aromatic heterocycles. The predicted octanol–water partition coefficient (Wildman–Crippen LogP) is 3.91. The molecule has 3 heteroatoms. The van der Waals surface area contributed by atoms with Crippen LogP contribution in [0.15, 0.2) is 22.7 Å². The van der Waals surface area contributed by atoms with Crippen molar-refractivity contribution in [1.29, 1.82) is 0 Å². The van der Waals surface area contributed by atoms with Crippen LogP contribution in [-0.4, -0.2) is 13.2 Å². The second kappa shape index (κ2) is 6.58. The number of methoxy groups -OCH3 is 1. The Morgan fingerprint density at radius 1 is 1.28 bits per heavy atom. The number of halogens is 1. The highest BCUT2D eigenvalue weighted by Crippen LogP contribution is 2.29. The quantitative estimate of drug-likeness (QED) is 0.859. The van der Waals surface area contributed by atoms with E-state index in [4.69, 9.17) is 10.5 Å². The van der Waals surface area contributed by atoms with Crippen LogP contribution in [0.25, 0.3) is 0 Å². The summed E-state index contributed by atoms with van der Waals surface area (Å²) in [7, 11) is 1.70. The minimum atomic E-state index is 0.369. The van der Waals surface area contributed by atoms with E-state index in [0.717, 1.165) is 16.6 Å². The van der Waals surface area contributed by atoms with Crippen LogP contribution in [0, 0.1) is 5.92 Å². The van der Waals surface area contributed by atoms with Crippen LogP contribution in [0.1, 0.15) is 37.7 Å². The number of benzene rings is 1. The average molecular weight is 312 g/mol. The van der Waals surface area contributed by atoms with Crippen LogP contribution in [0.2, 0.25) is 0 Å².